The zero-order chi connectivity index (χ0) is 21.7. The van der Waals surface area contributed by atoms with E-state index >= 15 is 0 Å². The fourth-order valence-corrected chi connectivity index (χ4v) is 3.50. The molecule has 0 fully saturated rings. The summed E-state index contributed by atoms with van der Waals surface area (Å²) in [7, 11) is 0. The van der Waals surface area contributed by atoms with E-state index in [4.69, 9.17) is 16.3 Å². The van der Waals surface area contributed by atoms with E-state index in [0.29, 0.717) is 29.2 Å². The van der Waals surface area contributed by atoms with E-state index in [1.54, 1.807) is 12.1 Å². The maximum Gasteiger partial charge on any atom is 0.344 e. The molecule has 3 aromatic carbocycles. The minimum Gasteiger partial charge on any atom is -0.479 e. The van der Waals surface area contributed by atoms with Crippen LogP contribution in [0.5, 0.6) is 5.75 Å². The molecular formula is C25H22ClNO3. The number of carbonyl (C=O) groups is 1. The number of carboxylic acids is 1. The van der Waals surface area contributed by atoms with Crippen LogP contribution in [0.2, 0.25) is 5.02 Å². The van der Waals surface area contributed by atoms with Crippen LogP contribution in [0.25, 0.3) is 11.1 Å². The van der Waals surface area contributed by atoms with Gasteiger partial charge in [-0.25, -0.2) is 4.79 Å². The standard InChI is InChI=1S/C25H22ClNO3/c1-16-13-22(14-17(2)23(16)15-27)30-24(25(28)29)12-5-18-3-6-19(7-4-18)20-8-10-21(26)11-9-20/h3-4,6-11,13-14,24H,5,12H2,1-2H3,(H,28,29). The molecule has 1 atom stereocenters. The Kier molecular flexibility index (Phi) is 6.76. The van der Waals surface area contributed by atoms with Gasteiger partial charge >= 0.3 is 5.97 Å². The topological polar surface area (TPSA) is 70.3 Å². The Morgan fingerprint density at radius 2 is 1.57 bits per heavy atom. The van der Waals surface area contributed by atoms with Gasteiger partial charge in [-0.3, -0.25) is 0 Å². The molecule has 3 rings (SSSR count). The predicted octanol–water partition coefficient (Wildman–Crippen LogP) is 5.96. The molecule has 0 aliphatic carbocycles. The number of benzene rings is 3. The van der Waals surface area contributed by atoms with Crippen molar-refractivity contribution in [1.29, 1.82) is 5.26 Å². The van der Waals surface area contributed by atoms with Crippen molar-refractivity contribution in [1.82, 2.24) is 0 Å². The van der Waals surface area contributed by atoms with Gasteiger partial charge in [-0.05, 0) is 78.8 Å². The highest BCUT2D eigenvalue weighted by molar-refractivity contribution is 6.30. The number of nitrogens with zero attached hydrogens (tertiary/aromatic N) is 1. The van der Waals surface area contributed by atoms with Crippen molar-refractivity contribution in [2.75, 3.05) is 0 Å². The Balaban J connectivity index is 1.67. The smallest absolute Gasteiger partial charge is 0.344 e. The number of halogens is 1. The highest BCUT2D eigenvalue weighted by Crippen LogP contribution is 2.24. The van der Waals surface area contributed by atoms with Crippen molar-refractivity contribution >= 4 is 17.6 Å². The van der Waals surface area contributed by atoms with Gasteiger partial charge in [0.15, 0.2) is 6.10 Å². The summed E-state index contributed by atoms with van der Waals surface area (Å²) in [5.74, 6) is -0.540. The minimum atomic E-state index is -1.01. The summed E-state index contributed by atoms with van der Waals surface area (Å²) in [6.45, 7) is 3.63. The molecule has 0 saturated carbocycles. The fourth-order valence-electron chi connectivity index (χ4n) is 3.37. The number of carboxylic acid groups (broad SMARTS) is 1. The van der Waals surface area contributed by atoms with Crippen LogP contribution in [0.15, 0.2) is 60.7 Å². The van der Waals surface area contributed by atoms with Crippen molar-refractivity contribution in [3.63, 3.8) is 0 Å². The molecule has 4 nitrogen and oxygen atoms in total. The minimum absolute atomic E-state index is 0.341. The Labute approximate surface area is 181 Å². The first-order chi connectivity index (χ1) is 14.4. The number of hydrogen-bond donors (Lipinski definition) is 1. The zero-order valence-corrected chi connectivity index (χ0v) is 17.6. The molecule has 0 aliphatic heterocycles. The summed E-state index contributed by atoms with van der Waals surface area (Å²) < 4.78 is 5.74. The first-order valence-corrected chi connectivity index (χ1v) is 10.0. The molecule has 0 spiro atoms. The van der Waals surface area contributed by atoms with E-state index in [0.717, 1.165) is 27.8 Å². The molecular weight excluding hydrogens is 398 g/mol. The normalized spacial score (nSPS) is 11.5. The van der Waals surface area contributed by atoms with Crippen LogP contribution in [0.3, 0.4) is 0 Å². The summed E-state index contributed by atoms with van der Waals surface area (Å²) in [4.78, 5) is 11.7. The van der Waals surface area contributed by atoms with E-state index < -0.39 is 12.1 Å². The lowest BCUT2D eigenvalue weighted by atomic mass is 10.0. The highest BCUT2D eigenvalue weighted by atomic mass is 35.5. The third-order valence-electron chi connectivity index (χ3n) is 5.00. The quantitative estimate of drug-likeness (QED) is 0.512. The molecule has 0 radical (unpaired) electrons. The Morgan fingerprint density at radius 1 is 1.03 bits per heavy atom. The molecule has 3 aromatic rings. The van der Waals surface area contributed by atoms with Crippen LogP contribution in [-0.4, -0.2) is 17.2 Å². The average Bonchev–Trinajstić information content (AvgIpc) is 2.72. The number of ether oxygens (including phenoxy) is 1. The lowest BCUT2D eigenvalue weighted by molar-refractivity contribution is -0.145. The van der Waals surface area contributed by atoms with Gasteiger partial charge in [0.25, 0.3) is 0 Å². The van der Waals surface area contributed by atoms with Crippen molar-refractivity contribution in [3.05, 3.63) is 87.9 Å². The summed E-state index contributed by atoms with van der Waals surface area (Å²) in [5.41, 5.74) is 5.32. The largest absolute Gasteiger partial charge is 0.479 e. The van der Waals surface area contributed by atoms with Crippen LogP contribution < -0.4 is 4.74 Å². The molecule has 0 saturated heterocycles. The van der Waals surface area contributed by atoms with Crippen molar-refractivity contribution in [3.8, 4) is 22.9 Å². The van der Waals surface area contributed by atoms with Crippen molar-refractivity contribution in [2.45, 2.75) is 32.8 Å². The molecule has 5 heteroatoms. The molecule has 152 valence electrons. The van der Waals surface area contributed by atoms with Gasteiger partial charge in [0.05, 0.1) is 11.6 Å². The molecule has 0 amide bonds. The van der Waals surface area contributed by atoms with E-state index in [2.05, 4.69) is 6.07 Å². The van der Waals surface area contributed by atoms with E-state index in [1.165, 1.54) is 0 Å². The van der Waals surface area contributed by atoms with E-state index in [1.807, 2.05) is 62.4 Å². The highest BCUT2D eigenvalue weighted by Gasteiger charge is 2.20. The Hall–Kier alpha value is -3.29. The van der Waals surface area contributed by atoms with Crippen molar-refractivity contribution in [2.24, 2.45) is 0 Å². The second kappa shape index (κ2) is 9.47. The first-order valence-electron chi connectivity index (χ1n) is 9.63. The number of aryl methyl sites for hydroxylation is 3. The van der Waals surface area contributed by atoms with Gasteiger partial charge in [-0.2, -0.15) is 5.26 Å². The third-order valence-corrected chi connectivity index (χ3v) is 5.25. The molecule has 0 aromatic heterocycles. The number of hydrogen-bond acceptors (Lipinski definition) is 3. The van der Waals surface area contributed by atoms with Gasteiger partial charge < -0.3 is 9.84 Å². The van der Waals surface area contributed by atoms with Gasteiger partial charge in [-0.1, -0.05) is 48.0 Å². The zero-order valence-electron chi connectivity index (χ0n) is 16.9. The molecule has 0 heterocycles. The SMILES string of the molecule is Cc1cc(OC(CCc2ccc(-c3ccc(Cl)cc3)cc2)C(=O)O)cc(C)c1C#N. The molecule has 0 bridgehead atoms. The first kappa shape index (κ1) is 21.4. The number of nitriles is 1. The van der Waals surface area contributed by atoms with Crippen molar-refractivity contribution < 1.29 is 14.6 Å². The predicted molar refractivity (Wildman–Crippen MR) is 118 cm³/mol. The Bertz CT molecular complexity index is 1060. The van der Waals surface area contributed by atoms with Gasteiger partial charge in [0.2, 0.25) is 0 Å². The molecule has 0 aliphatic rings. The van der Waals surface area contributed by atoms with E-state index in [9.17, 15) is 15.2 Å². The summed E-state index contributed by atoms with van der Waals surface area (Å²) >= 11 is 5.94. The fraction of sp³-hybridized carbons (Fsp3) is 0.200. The molecule has 30 heavy (non-hydrogen) atoms. The lowest BCUT2D eigenvalue weighted by Gasteiger charge is -2.17. The van der Waals surface area contributed by atoms with Crippen LogP contribution >= 0.6 is 11.6 Å². The van der Waals surface area contributed by atoms with E-state index in [-0.39, 0.29) is 0 Å². The van der Waals surface area contributed by atoms with Crippen LogP contribution in [-0.2, 0) is 11.2 Å². The van der Waals surface area contributed by atoms with Crippen LogP contribution in [0.1, 0.15) is 28.7 Å². The Morgan fingerprint density at radius 3 is 2.07 bits per heavy atom. The summed E-state index contributed by atoms with van der Waals surface area (Å²) in [6, 6.07) is 21.2. The maximum atomic E-state index is 11.7. The number of rotatable bonds is 7. The van der Waals surface area contributed by atoms with Crippen LogP contribution in [0, 0.1) is 25.2 Å². The van der Waals surface area contributed by atoms with Gasteiger partial charge in [0, 0.05) is 5.02 Å². The lowest BCUT2D eigenvalue weighted by Crippen LogP contribution is -2.27. The van der Waals surface area contributed by atoms with Gasteiger partial charge in [-0.15, -0.1) is 0 Å². The van der Waals surface area contributed by atoms with Crippen LogP contribution in [0.4, 0.5) is 0 Å². The maximum absolute atomic E-state index is 11.7. The third kappa shape index (κ3) is 5.20. The second-order valence-electron chi connectivity index (χ2n) is 7.23. The monoisotopic (exact) mass is 419 g/mol. The average molecular weight is 420 g/mol. The second-order valence-corrected chi connectivity index (χ2v) is 7.67. The summed E-state index contributed by atoms with van der Waals surface area (Å²) in [6.07, 6.45) is -0.0486. The van der Waals surface area contributed by atoms with Gasteiger partial charge in [0.1, 0.15) is 5.75 Å². The molecule has 1 unspecified atom stereocenters. The molecule has 1 N–H and O–H groups in total. The summed E-state index contributed by atoms with van der Waals surface area (Å²) in [5, 5.41) is 19.5. The number of aliphatic carboxylic acids is 1.